The van der Waals surface area contributed by atoms with E-state index in [1.807, 2.05) is 20.8 Å². The van der Waals surface area contributed by atoms with Gasteiger partial charge in [-0.3, -0.25) is 15.0 Å². The highest BCUT2D eigenvalue weighted by Gasteiger charge is 2.40. The lowest BCUT2D eigenvalue weighted by atomic mass is 9.89. The van der Waals surface area contributed by atoms with Gasteiger partial charge in [-0.2, -0.15) is 0 Å². The molecule has 0 spiro atoms. The van der Waals surface area contributed by atoms with Crippen LogP contribution in [0, 0.1) is 10.7 Å². The number of aromatic nitrogens is 3. The van der Waals surface area contributed by atoms with Crippen LogP contribution >= 0.6 is 12.2 Å². The molecule has 1 fully saturated rings. The molecule has 0 unspecified atom stereocenters. The number of rotatable bonds is 3. The van der Waals surface area contributed by atoms with Crippen molar-refractivity contribution in [1.29, 1.82) is 0 Å². The van der Waals surface area contributed by atoms with Gasteiger partial charge in [0, 0.05) is 5.92 Å². The van der Waals surface area contributed by atoms with E-state index >= 15 is 0 Å². The van der Waals surface area contributed by atoms with Crippen molar-refractivity contribution in [2.24, 2.45) is 5.92 Å². The number of hydrogen-bond donors (Lipinski definition) is 2. The summed E-state index contributed by atoms with van der Waals surface area (Å²) in [7, 11) is 0. The monoisotopic (exact) mass is 255 g/mol. The zero-order valence-corrected chi connectivity index (χ0v) is 11.1. The first-order chi connectivity index (χ1) is 7.87. The van der Waals surface area contributed by atoms with Crippen molar-refractivity contribution < 1.29 is 9.53 Å². The average Bonchev–Trinajstić information content (AvgIpc) is 2.71. The molecule has 0 amide bonds. The van der Waals surface area contributed by atoms with Crippen LogP contribution in [0.15, 0.2) is 0 Å². The van der Waals surface area contributed by atoms with Gasteiger partial charge in [-0.1, -0.05) is 6.92 Å². The molecule has 1 aliphatic heterocycles. The molecule has 1 aliphatic rings. The van der Waals surface area contributed by atoms with E-state index in [-0.39, 0.29) is 23.4 Å². The highest BCUT2D eigenvalue weighted by Crippen LogP contribution is 2.35. The summed E-state index contributed by atoms with van der Waals surface area (Å²) in [4.78, 5) is 15.8. The predicted octanol–water partition coefficient (Wildman–Crippen LogP) is 2.30. The predicted molar refractivity (Wildman–Crippen MR) is 65.1 cm³/mol. The Kier molecular flexibility index (Phi) is 3.07. The van der Waals surface area contributed by atoms with Crippen molar-refractivity contribution in [2.45, 2.75) is 45.1 Å². The number of carbonyl (C=O) groups is 1. The number of esters is 1. The molecule has 0 bridgehead atoms. The Bertz CT molecular complexity index is 477. The maximum Gasteiger partial charge on any atom is 0.309 e. The largest absolute Gasteiger partial charge is 0.459 e. The maximum atomic E-state index is 11.7. The molecule has 2 heterocycles. The van der Waals surface area contributed by atoms with E-state index < -0.39 is 0 Å². The fourth-order valence-corrected chi connectivity index (χ4v) is 2.46. The Balaban J connectivity index is 2.02. The third kappa shape index (κ3) is 2.74. The van der Waals surface area contributed by atoms with Crippen LogP contribution in [0.4, 0.5) is 0 Å². The smallest absolute Gasteiger partial charge is 0.309 e. The third-order valence-corrected chi connectivity index (χ3v) is 3.27. The van der Waals surface area contributed by atoms with E-state index in [2.05, 4.69) is 15.2 Å². The molecule has 2 rings (SSSR count). The van der Waals surface area contributed by atoms with E-state index in [4.69, 9.17) is 17.0 Å². The number of hydrogen-bond acceptors (Lipinski definition) is 4. The summed E-state index contributed by atoms with van der Waals surface area (Å²) in [6, 6.07) is 0. The standard InChI is InChI=1S/C11H17N3O2S/c1-6(8-12-10(17)14-13-8)4-7-5-11(2,3)16-9(7)15/h6-7H,4-5H2,1-3H3,(H2,12,13,14,17)/t6-,7-/m1/s1. The summed E-state index contributed by atoms with van der Waals surface area (Å²) in [6.45, 7) is 5.91. The Hall–Kier alpha value is -1.17. The van der Waals surface area contributed by atoms with Crippen molar-refractivity contribution in [3.63, 3.8) is 0 Å². The molecule has 0 radical (unpaired) electrons. The van der Waals surface area contributed by atoms with Crippen LogP contribution in [0.25, 0.3) is 0 Å². The number of nitrogens with zero attached hydrogens (tertiary/aromatic N) is 1. The van der Waals surface area contributed by atoms with Crippen LogP contribution < -0.4 is 0 Å². The zero-order chi connectivity index (χ0) is 12.6. The van der Waals surface area contributed by atoms with Gasteiger partial charge in [0.1, 0.15) is 11.4 Å². The van der Waals surface area contributed by atoms with Crippen LogP contribution in [0.5, 0.6) is 0 Å². The SMILES string of the molecule is C[C@H](C[C@@H]1CC(C)(C)OC1=O)c1nc(=S)[nH][nH]1. The van der Waals surface area contributed by atoms with Gasteiger partial charge in [-0.05, 0) is 38.9 Å². The lowest BCUT2D eigenvalue weighted by Gasteiger charge is -2.15. The third-order valence-electron chi connectivity index (χ3n) is 3.07. The van der Waals surface area contributed by atoms with Gasteiger partial charge >= 0.3 is 5.97 Å². The molecule has 0 aliphatic carbocycles. The molecule has 1 saturated heterocycles. The van der Waals surface area contributed by atoms with Crippen molar-refractivity contribution in [1.82, 2.24) is 15.2 Å². The quantitative estimate of drug-likeness (QED) is 0.642. The van der Waals surface area contributed by atoms with Gasteiger partial charge in [0.25, 0.3) is 0 Å². The second-order valence-electron chi connectivity index (χ2n) is 5.27. The van der Waals surface area contributed by atoms with Crippen molar-refractivity contribution >= 4 is 18.2 Å². The highest BCUT2D eigenvalue weighted by molar-refractivity contribution is 7.71. The first-order valence-corrected chi connectivity index (χ1v) is 6.15. The lowest BCUT2D eigenvalue weighted by molar-refractivity contribution is -0.148. The Labute approximate surface area is 105 Å². The minimum Gasteiger partial charge on any atom is -0.459 e. The molecule has 0 saturated carbocycles. The van der Waals surface area contributed by atoms with E-state index in [0.29, 0.717) is 4.77 Å². The summed E-state index contributed by atoms with van der Waals surface area (Å²) in [5, 5.41) is 5.69. The molecule has 1 aromatic heterocycles. The number of aromatic amines is 2. The molecular weight excluding hydrogens is 238 g/mol. The van der Waals surface area contributed by atoms with Gasteiger partial charge < -0.3 is 4.74 Å². The van der Waals surface area contributed by atoms with E-state index in [9.17, 15) is 4.79 Å². The van der Waals surface area contributed by atoms with Crippen molar-refractivity contribution in [3.8, 4) is 0 Å². The zero-order valence-electron chi connectivity index (χ0n) is 10.2. The molecular formula is C11H17N3O2S. The Morgan fingerprint density at radius 1 is 1.59 bits per heavy atom. The van der Waals surface area contributed by atoms with Gasteiger partial charge in [-0.25, -0.2) is 4.98 Å². The summed E-state index contributed by atoms with van der Waals surface area (Å²) in [5.74, 6) is 0.816. The van der Waals surface area contributed by atoms with E-state index in [1.165, 1.54) is 0 Å². The van der Waals surface area contributed by atoms with E-state index in [0.717, 1.165) is 18.7 Å². The number of cyclic esters (lactones) is 1. The summed E-state index contributed by atoms with van der Waals surface area (Å²) >= 11 is 4.90. The highest BCUT2D eigenvalue weighted by atomic mass is 32.1. The van der Waals surface area contributed by atoms with Crippen molar-refractivity contribution in [3.05, 3.63) is 10.6 Å². The number of H-pyrrole nitrogens is 2. The maximum absolute atomic E-state index is 11.7. The molecule has 0 aromatic carbocycles. The normalized spacial score (nSPS) is 24.6. The fourth-order valence-electron chi connectivity index (χ4n) is 2.31. The molecule has 5 nitrogen and oxygen atoms in total. The minimum atomic E-state index is -0.333. The fraction of sp³-hybridized carbons (Fsp3) is 0.727. The molecule has 6 heteroatoms. The van der Waals surface area contributed by atoms with E-state index in [1.54, 1.807) is 0 Å². The average molecular weight is 255 g/mol. The van der Waals surface area contributed by atoms with Crippen LogP contribution in [0.2, 0.25) is 0 Å². The second-order valence-corrected chi connectivity index (χ2v) is 5.66. The van der Waals surface area contributed by atoms with Crippen LogP contribution in [-0.4, -0.2) is 26.8 Å². The molecule has 94 valence electrons. The van der Waals surface area contributed by atoms with Gasteiger partial charge in [-0.15, -0.1) is 0 Å². The first-order valence-electron chi connectivity index (χ1n) is 5.75. The Morgan fingerprint density at radius 3 is 2.76 bits per heavy atom. The molecule has 2 atom stereocenters. The summed E-state index contributed by atoms with van der Waals surface area (Å²) < 4.78 is 5.75. The number of nitrogens with one attached hydrogen (secondary N) is 2. The minimum absolute atomic E-state index is 0.0429. The summed E-state index contributed by atoms with van der Waals surface area (Å²) in [6.07, 6.45) is 1.50. The topological polar surface area (TPSA) is 70.8 Å². The molecule has 1 aromatic rings. The van der Waals surface area contributed by atoms with Gasteiger partial charge in [0.2, 0.25) is 4.77 Å². The van der Waals surface area contributed by atoms with Gasteiger partial charge in [0.15, 0.2) is 0 Å². The first kappa shape index (κ1) is 12.3. The van der Waals surface area contributed by atoms with Crippen LogP contribution in [0.1, 0.15) is 45.4 Å². The number of ether oxygens (including phenoxy) is 1. The van der Waals surface area contributed by atoms with Crippen LogP contribution in [-0.2, 0) is 9.53 Å². The lowest BCUT2D eigenvalue weighted by Crippen LogP contribution is -2.17. The number of carbonyl (C=O) groups excluding carboxylic acids is 1. The van der Waals surface area contributed by atoms with Gasteiger partial charge in [0.05, 0.1) is 5.92 Å². The van der Waals surface area contributed by atoms with Crippen molar-refractivity contribution in [2.75, 3.05) is 0 Å². The van der Waals surface area contributed by atoms with Crippen LogP contribution in [0.3, 0.4) is 0 Å². The Morgan fingerprint density at radius 2 is 2.29 bits per heavy atom. The second kappa shape index (κ2) is 4.25. The summed E-state index contributed by atoms with van der Waals surface area (Å²) in [5.41, 5.74) is -0.333. The molecule has 2 N–H and O–H groups in total. The molecule has 17 heavy (non-hydrogen) atoms.